The Kier molecular flexibility index (Phi) is 4.12. The molecule has 0 unspecified atom stereocenters. The maximum atomic E-state index is 12.1. The number of aromatic nitrogens is 1. The van der Waals surface area contributed by atoms with E-state index in [1.807, 2.05) is 0 Å². The Morgan fingerprint density at radius 3 is 2.86 bits per heavy atom. The normalized spacial score (nSPS) is 14.6. The molecule has 6 heteroatoms. The zero-order chi connectivity index (χ0) is 14.8. The molecule has 1 amide bonds. The van der Waals surface area contributed by atoms with E-state index in [9.17, 15) is 4.79 Å². The van der Waals surface area contributed by atoms with Crippen LogP contribution in [0.3, 0.4) is 0 Å². The van der Waals surface area contributed by atoms with Crippen molar-refractivity contribution in [2.24, 2.45) is 0 Å². The molecule has 0 saturated carbocycles. The van der Waals surface area contributed by atoms with Gasteiger partial charge in [-0.2, -0.15) is 0 Å². The molecule has 1 aliphatic rings. The Bertz CT molecular complexity index is 633. The summed E-state index contributed by atoms with van der Waals surface area (Å²) in [6.45, 7) is 1.71. The average molecular weight is 323 g/mol. The molecule has 0 fully saturated rings. The van der Waals surface area contributed by atoms with Crippen molar-refractivity contribution in [1.29, 1.82) is 0 Å². The predicted molar refractivity (Wildman–Crippen MR) is 84.3 cm³/mol. The van der Waals surface area contributed by atoms with Crippen LogP contribution in [-0.2, 0) is 17.6 Å². The van der Waals surface area contributed by atoms with Crippen LogP contribution < -0.4 is 10.1 Å². The minimum Gasteiger partial charge on any atom is -0.481 e. The Balaban J connectivity index is 1.60. The first-order chi connectivity index (χ1) is 10.1. The van der Waals surface area contributed by atoms with Crippen molar-refractivity contribution >= 4 is 34.0 Å². The van der Waals surface area contributed by atoms with Crippen LogP contribution in [0.5, 0.6) is 5.75 Å². The number of thiazole rings is 1. The molecule has 1 aliphatic carbocycles. The number of rotatable bonds is 4. The van der Waals surface area contributed by atoms with Gasteiger partial charge < -0.3 is 4.74 Å². The lowest BCUT2D eigenvalue weighted by Gasteiger charge is -2.13. The van der Waals surface area contributed by atoms with E-state index in [-0.39, 0.29) is 5.91 Å². The van der Waals surface area contributed by atoms with E-state index in [2.05, 4.69) is 10.3 Å². The van der Waals surface area contributed by atoms with Crippen LogP contribution in [0.1, 0.15) is 23.9 Å². The van der Waals surface area contributed by atoms with E-state index >= 15 is 0 Å². The maximum absolute atomic E-state index is 12.1. The topological polar surface area (TPSA) is 51.2 Å². The van der Waals surface area contributed by atoms with Crippen molar-refractivity contribution in [2.75, 3.05) is 5.32 Å². The van der Waals surface area contributed by atoms with Crippen molar-refractivity contribution in [3.8, 4) is 5.75 Å². The molecule has 4 nitrogen and oxygen atoms in total. The summed E-state index contributed by atoms with van der Waals surface area (Å²) in [6.07, 6.45) is 2.65. The third kappa shape index (κ3) is 3.36. The molecule has 0 spiro atoms. The van der Waals surface area contributed by atoms with Crippen LogP contribution in [0, 0.1) is 0 Å². The van der Waals surface area contributed by atoms with Crippen molar-refractivity contribution in [1.82, 2.24) is 4.98 Å². The number of halogens is 1. The van der Waals surface area contributed by atoms with Gasteiger partial charge in [0, 0.05) is 9.90 Å². The number of benzene rings is 1. The summed E-state index contributed by atoms with van der Waals surface area (Å²) in [5.74, 6) is 0.418. The summed E-state index contributed by atoms with van der Waals surface area (Å²) in [4.78, 5) is 17.8. The fraction of sp³-hybridized carbons (Fsp3) is 0.333. The van der Waals surface area contributed by atoms with Crippen molar-refractivity contribution in [3.05, 3.63) is 39.9 Å². The van der Waals surface area contributed by atoms with Crippen LogP contribution in [0.25, 0.3) is 0 Å². The van der Waals surface area contributed by atoms with E-state index < -0.39 is 6.10 Å². The largest absolute Gasteiger partial charge is 0.481 e. The Morgan fingerprint density at radius 1 is 1.38 bits per heavy atom. The number of aryl methyl sites for hydroxylation is 2. The van der Waals surface area contributed by atoms with E-state index in [1.165, 1.54) is 11.3 Å². The molecule has 1 aromatic heterocycles. The van der Waals surface area contributed by atoms with Gasteiger partial charge in [-0.15, -0.1) is 11.3 Å². The quantitative estimate of drug-likeness (QED) is 0.934. The SMILES string of the molecule is C[C@@H](Oc1ccc(Cl)cc1)C(=O)Nc1nc2c(s1)CCC2. The maximum Gasteiger partial charge on any atom is 0.266 e. The number of nitrogens with zero attached hydrogens (tertiary/aromatic N) is 1. The predicted octanol–water partition coefficient (Wildman–Crippen LogP) is 3.69. The molecule has 1 heterocycles. The number of hydrogen-bond acceptors (Lipinski definition) is 4. The third-order valence-electron chi connectivity index (χ3n) is 3.32. The van der Waals surface area contributed by atoms with Crippen LogP contribution in [0.4, 0.5) is 5.13 Å². The van der Waals surface area contributed by atoms with Gasteiger partial charge in [-0.05, 0) is 50.5 Å². The second-order valence-corrected chi connectivity index (χ2v) is 6.47. The molecule has 1 N–H and O–H groups in total. The van der Waals surface area contributed by atoms with Crippen molar-refractivity contribution < 1.29 is 9.53 Å². The van der Waals surface area contributed by atoms with Crippen LogP contribution in [0.2, 0.25) is 5.02 Å². The number of nitrogens with one attached hydrogen (secondary N) is 1. The van der Waals surface area contributed by atoms with Crippen molar-refractivity contribution in [2.45, 2.75) is 32.3 Å². The molecule has 110 valence electrons. The van der Waals surface area contributed by atoms with E-state index in [0.717, 1.165) is 18.5 Å². The summed E-state index contributed by atoms with van der Waals surface area (Å²) in [5, 5.41) is 4.12. The number of carbonyl (C=O) groups excluding carboxylic acids is 1. The smallest absolute Gasteiger partial charge is 0.266 e. The standard InChI is InChI=1S/C15H15ClN2O2S/c1-9(20-11-7-5-10(16)6-8-11)14(19)18-15-17-12-3-2-4-13(12)21-15/h5-9H,2-4H2,1H3,(H,17,18,19)/t9-/m1/s1. The summed E-state index contributed by atoms with van der Waals surface area (Å²) in [5.41, 5.74) is 1.13. The second kappa shape index (κ2) is 6.03. The number of ether oxygens (including phenoxy) is 1. The van der Waals surface area contributed by atoms with Gasteiger partial charge in [-0.3, -0.25) is 10.1 Å². The highest BCUT2D eigenvalue weighted by molar-refractivity contribution is 7.15. The zero-order valence-electron chi connectivity index (χ0n) is 11.6. The van der Waals surface area contributed by atoms with Crippen LogP contribution in [-0.4, -0.2) is 17.0 Å². The van der Waals surface area contributed by atoms with E-state index in [0.29, 0.717) is 15.9 Å². The van der Waals surface area contributed by atoms with Gasteiger partial charge in [-0.1, -0.05) is 11.6 Å². The molecular formula is C15H15ClN2O2S. The fourth-order valence-electron chi connectivity index (χ4n) is 2.22. The van der Waals surface area contributed by atoms with E-state index in [1.54, 1.807) is 42.5 Å². The van der Waals surface area contributed by atoms with Gasteiger partial charge in [0.25, 0.3) is 5.91 Å². The lowest BCUT2D eigenvalue weighted by molar-refractivity contribution is -0.122. The minimum absolute atomic E-state index is 0.197. The molecule has 1 aromatic carbocycles. The highest BCUT2D eigenvalue weighted by Crippen LogP contribution is 2.30. The summed E-state index contributed by atoms with van der Waals surface area (Å²) in [7, 11) is 0. The Morgan fingerprint density at radius 2 is 2.14 bits per heavy atom. The van der Waals surface area contributed by atoms with Gasteiger partial charge >= 0.3 is 0 Å². The Hall–Kier alpha value is -1.59. The monoisotopic (exact) mass is 322 g/mol. The first-order valence-electron chi connectivity index (χ1n) is 6.83. The molecule has 0 saturated heterocycles. The summed E-state index contributed by atoms with van der Waals surface area (Å²) < 4.78 is 5.59. The molecular weight excluding hydrogens is 308 g/mol. The Labute approximate surface area is 132 Å². The first kappa shape index (κ1) is 14.4. The fourth-order valence-corrected chi connectivity index (χ4v) is 3.40. The first-order valence-corrected chi connectivity index (χ1v) is 8.03. The minimum atomic E-state index is -0.593. The highest BCUT2D eigenvalue weighted by Gasteiger charge is 2.20. The van der Waals surface area contributed by atoms with Gasteiger partial charge in [-0.25, -0.2) is 4.98 Å². The van der Waals surface area contributed by atoms with Gasteiger partial charge in [0.15, 0.2) is 11.2 Å². The van der Waals surface area contributed by atoms with E-state index in [4.69, 9.17) is 16.3 Å². The van der Waals surface area contributed by atoms with Gasteiger partial charge in [0.2, 0.25) is 0 Å². The van der Waals surface area contributed by atoms with Crippen molar-refractivity contribution in [3.63, 3.8) is 0 Å². The van der Waals surface area contributed by atoms with Gasteiger partial charge in [0.1, 0.15) is 5.75 Å². The molecule has 0 aliphatic heterocycles. The average Bonchev–Trinajstić information content (AvgIpc) is 3.02. The number of amides is 1. The lowest BCUT2D eigenvalue weighted by Crippen LogP contribution is -2.30. The number of anilines is 1. The summed E-state index contributed by atoms with van der Waals surface area (Å²) in [6, 6.07) is 6.94. The highest BCUT2D eigenvalue weighted by atomic mass is 35.5. The third-order valence-corrected chi connectivity index (χ3v) is 4.65. The number of hydrogen-bond donors (Lipinski definition) is 1. The molecule has 0 bridgehead atoms. The molecule has 21 heavy (non-hydrogen) atoms. The molecule has 0 radical (unpaired) electrons. The number of fused-ring (bicyclic) bond motifs is 1. The zero-order valence-corrected chi connectivity index (χ0v) is 13.1. The van der Waals surface area contributed by atoms with Gasteiger partial charge in [0.05, 0.1) is 5.69 Å². The van der Waals surface area contributed by atoms with Crippen LogP contribution in [0.15, 0.2) is 24.3 Å². The second-order valence-electron chi connectivity index (χ2n) is 4.95. The molecule has 2 aromatic rings. The summed E-state index contributed by atoms with van der Waals surface area (Å²) >= 11 is 7.37. The number of carbonyl (C=O) groups is 1. The molecule has 1 atom stereocenters. The molecule has 3 rings (SSSR count). The van der Waals surface area contributed by atoms with Crippen LogP contribution >= 0.6 is 22.9 Å². The lowest BCUT2D eigenvalue weighted by atomic mass is 10.3.